The molecule has 1 aliphatic heterocycles. The molecule has 1 atom stereocenters. The van der Waals surface area contributed by atoms with Crippen LogP contribution in [0.5, 0.6) is 0 Å². The molecule has 2 fully saturated rings. The van der Waals surface area contributed by atoms with Crippen LogP contribution in [0.4, 0.5) is 8.78 Å². The average molecular weight is 453 g/mol. The van der Waals surface area contributed by atoms with Crippen molar-refractivity contribution in [2.24, 2.45) is 11.8 Å². The molecule has 0 radical (unpaired) electrons. The summed E-state index contributed by atoms with van der Waals surface area (Å²) in [5, 5.41) is 0. The third-order valence-corrected chi connectivity index (χ3v) is 6.83. The molecule has 0 aromatic heterocycles. The Morgan fingerprint density at radius 3 is 2.39 bits per heavy atom. The average Bonchev–Trinajstić information content (AvgIpc) is 3.68. The molecule has 1 aliphatic carbocycles. The van der Waals surface area contributed by atoms with Gasteiger partial charge in [-0.1, -0.05) is 36.4 Å². The largest absolute Gasteiger partial charge is 0.342 e. The van der Waals surface area contributed by atoms with Crippen molar-refractivity contribution < 1.29 is 18.4 Å². The molecule has 0 bridgehead atoms. The molecule has 33 heavy (non-hydrogen) atoms. The summed E-state index contributed by atoms with van der Waals surface area (Å²) in [6.45, 7) is 1.19. The van der Waals surface area contributed by atoms with Crippen molar-refractivity contribution in [3.05, 3.63) is 77.4 Å². The zero-order valence-corrected chi connectivity index (χ0v) is 18.9. The number of benzene rings is 2. The molecule has 1 saturated carbocycles. The van der Waals surface area contributed by atoms with Gasteiger partial charge in [0.05, 0.1) is 0 Å². The highest BCUT2D eigenvalue weighted by atomic mass is 19.1. The highest BCUT2D eigenvalue weighted by molar-refractivity contribution is 5.91. The maximum absolute atomic E-state index is 14.4. The lowest BCUT2D eigenvalue weighted by Crippen LogP contribution is -2.48. The van der Waals surface area contributed by atoms with E-state index in [0.717, 1.165) is 37.3 Å². The third kappa shape index (κ3) is 5.86. The summed E-state index contributed by atoms with van der Waals surface area (Å²) in [5.74, 6) is -0.895. The first-order chi connectivity index (χ1) is 15.9. The van der Waals surface area contributed by atoms with Gasteiger partial charge in [0.1, 0.15) is 11.6 Å². The molecule has 0 spiro atoms. The zero-order chi connectivity index (χ0) is 23.4. The lowest BCUT2D eigenvalue weighted by atomic mass is 9.84. The topological polar surface area (TPSA) is 40.6 Å². The van der Waals surface area contributed by atoms with Crippen LogP contribution >= 0.6 is 0 Å². The molecule has 1 saturated heterocycles. The molecule has 6 heteroatoms. The number of likely N-dealkylation sites (N-methyl/N-ethyl adjacent to an activating group) is 1. The van der Waals surface area contributed by atoms with E-state index < -0.39 is 11.6 Å². The Morgan fingerprint density at radius 1 is 1.06 bits per heavy atom. The molecular formula is C27H30F2N2O2. The fourth-order valence-electron chi connectivity index (χ4n) is 4.66. The van der Waals surface area contributed by atoms with Crippen LogP contribution in [0.25, 0.3) is 6.08 Å². The minimum Gasteiger partial charge on any atom is -0.342 e. The van der Waals surface area contributed by atoms with E-state index in [-0.39, 0.29) is 29.7 Å². The second-order valence-electron chi connectivity index (χ2n) is 9.14. The van der Waals surface area contributed by atoms with Gasteiger partial charge < -0.3 is 9.80 Å². The summed E-state index contributed by atoms with van der Waals surface area (Å²) in [4.78, 5) is 29.1. The molecule has 1 heterocycles. The van der Waals surface area contributed by atoms with Crippen LogP contribution in [0.3, 0.4) is 0 Å². The number of hydrogen-bond acceptors (Lipinski definition) is 2. The van der Waals surface area contributed by atoms with E-state index in [1.54, 1.807) is 18.0 Å². The van der Waals surface area contributed by atoms with Crippen molar-refractivity contribution in [2.75, 3.05) is 20.1 Å². The predicted molar refractivity (Wildman–Crippen MR) is 124 cm³/mol. The molecule has 4 rings (SSSR count). The van der Waals surface area contributed by atoms with Gasteiger partial charge in [0.15, 0.2) is 0 Å². The van der Waals surface area contributed by atoms with Crippen LogP contribution < -0.4 is 0 Å². The van der Waals surface area contributed by atoms with Gasteiger partial charge in [-0.25, -0.2) is 8.78 Å². The normalized spacial score (nSPS) is 17.8. The van der Waals surface area contributed by atoms with E-state index in [4.69, 9.17) is 0 Å². The van der Waals surface area contributed by atoms with Crippen LogP contribution in [0, 0.1) is 23.5 Å². The Bertz CT molecular complexity index is 1010. The molecular weight excluding hydrogens is 422 g/mol. The Balaban J connectivity index is 1.42. The van der Waals surface area contributed by atoms with E-state index in [1.165, 1.54) is 12.1 Å². The van der Waals surface area contributed by atoms with Gasteiger partial charge in [-0.2, -0.15) is 0 Å². The molecule has 1 unspecified atom stereocenters. The predicted octanol–water partition coefficient (Wildman–Crippen LogP) is 4.70. The number of likely N-dealkylation sites (tertiary alicyclic amines) is 1. The van der Waals surface area contributed by atoms with Crippen molar-refractivity contribution >= 4 is 17.9 Å². The van der Waals surface area contributed by atoms with Gasteiger partial charge >= 0.3 is 0 Å². The molecule has 2 aromatic carbocycles. The quantitative estimate of drug-likeness (QED) is 0.572. The maximum atomic E-state index is 14.4. The smallest absolute Gasteiger partial charge is 0.246 e. The van der Waals surface area contributed by atoms with Gasteiger partial charge in [0, 0.05) is 44.2 Å². The fraction of sp³-hybridized carbons (Fsp3) is 0.407. The van der Waals surface area contributed by atoms with Gasteiger partial charge in [-0.15, -0.1) is 0 Å². The lowest BCUT2D eigenvalue weighted by molar-refractivity contribution is -0.136. The van der Waals surface area contributed by atoms with Gasteiger partial charge in [-0.05, 0) is 61.3 Å². The first kappa shape index (κ1) is 23.1. The Labute approximate surface area is 193 Å². The van der Waals surface area contributed by atoms with E-state index >= 15 is 0 Å². The number of halogens is 2. The van der Waals surface area contributed by atoms with E-state index in [0.29, 0.717) is 25.1 Å². The standard InChI is InChI=1S/C27H30F2N2O2/c1-30(27(33)21-8-9-21)25(17-22-10-11-23(28)18-24(22)29)20-13-15-31(16-14-20)26(32)12-7-19-5-3-2-4-6-19/h2-7,10-12,18,20-21,25H,8-9,13-17H2,1H3/b12-7+. The fourth-order valence-corrected chi connectivity index (χ4v) is 4.66. The number of hydrogen-bond donors (Lipinski definition) is 0. The van der Waals surface area contributed by atoms with Crippen molar-refractivity contribution in [1.29, 1.82) is 0 Å². The molecule has 174 valence electrons. The van der Waals surface area contributed by atoms with Crippen molar-refractivity contribution in [1.82, 2.24) is 9.80 Å². The van der Waals surface area contributed by atoms with Gasteiger partial charge in [-0.3, -0.25) is 9.59 Å². The molecule has 2 aliphatic rings. The Morgan fingerprint density at radius 2 is 1.76 bits per heavy atom. The minimum atomic E-state index is -0.606. The van der Waals surface area contributed by atoms with Crippen LogP contribution in [0.15, 0.2) is 54.6 Å². The molecule has 2 amide bonds. The number of piperidine rings is 1. The number of carbonyl (C=O) groups excluding carboxylic acids is 2. The van der Waals surface area contributed by atoms with Gasteiger partial charge in [0.25, 0.3) is 0 Å². The second kappa shape index (κ2) is 10.3. The molecule has 0 N–H and O–H groups in total. The van der Waals surface area contributed by atoms with Crippen LogP contribution in [-0.4, -0.2) is 47.8 Å². The Kier molecular flexibility index (Phi) is 7.21. The van der Waals surface area contributed by atoms with E-state index in [1.807, 2.05) is 41.3 Å². The highest BCUT2D eigenvalue weighted by Gasteiger charge is 2.38. The summed E-state index contributed by atoms with van der Waals surface area (Å²) in [7, 11) is 1.80. The number of carbonyl (C=O) groups is 2. The number of rotatable bonds is 7. The number of amides is 2. The van der Waals surface area contributed by atoms with Crippen molar-refractivity contribution in [3.8, 4) is 0 Å². The lowest BCUT2D eigenvalue weighted by Gasteiger charge is -2.40. The van der Waals surface area contributed by atoms with E-state index in [2.05, 4.69) is 0 Å². The summed E-state index contributed by atoms with van der Waals surface area (Å²) in [6.07, 6.45) is 7.04. The van der Waals surface area contributed by atoms with Gasteiger partial charge in [0.2, 0.25) is 11.8 Å². The molecule has 2 aromatic rings. The van der Waals surface area contributed by atoms with Crippen LogP contribution in [0.2, 0.25) is 0 Å². The zero-order valence-electron chi connectivity index (χ0n) is 18.9. The van der Waals surface area contributed by atoms with E-state index in [9.17, 15) is 18.4 Å². The third-order valence-electron chi connectivity index (χ3n) is 6.83. The highest BCUT2D eigenvalue weighted by Crippen LogP contribution is 2.34. The van der Waals surface area contributed by atoms with Crippen LogP contribution in [-0.2, 0) is 16.0 Å². The minimum absolute atomic E-state index is 0.0270. The SMILES string of the molecule is CN(C(=O)C1CC1)C(Cc1ccc(F)cc1F)C1CCN(C(=O)/C=C/c2ccccc2)CC1. The second-order valence-corrected chi connectivity index (χ2v) is 9.14. The molecule has 4 nitrogen and oxygen atoms in total. The first-order valence-electron chi connectivity index (χ1n) is 11.6. The number of nitrogens with zero attached hydrogens (tertiary/aromatic N) is 2. The van der Waals surface area contributed by atoms with Crippen LogP contribution in [0.1, 0.15) is 36.8 Å². The maximum Gasteiger partial charge on any atom is 0.246 e. The summed E-state index contributed by atoms with van der Waals surface area (Å²) in [6, 6.07) is 13.1. The summed E-state index contributed by atoms with van der Waals surface area (Å²) < 4.78 is 27.8. The summed E-state index contributed by atoms with van der Waals surface area (Å²) in [5.41, 5.74) is 1.39. The monoisotopic (exact) mass is 452 g/mol. The van der Waals surface area contributed by atoms with Crippen molar-refractivity contribution in [3.63, 3.8) is 0 Å². The Hall–Kier alpha value is -3.02. The van der Waals surface area contributed by atoms with Crippen molar-refractivity contribution in [2.45, 2.75) is 38.1 Å². The summed E-state index contributed by atoms with van der Waals surface area (Å²) >= 11 is 0. The first-order valence-corrected chi connectivity index (χ1v) is 11.6.